The average Bonchev–Trinajstić information content (AvgIpc) is 3.03. The molecule has 2 rings (SSSR count). The van der Waals surface area contributed by atoms with Gasteiger partial charge in [0.05, 0.1) is 21.9 Å². The summed E-state index contributed by atoms with van der Waals surface area (Å²) in [5.41, 5.74) is 5.05. The van der Waals surface area contributed by atoms with Crippen molar-refractivity contribution in [1.29, 1.82) is 5.26 Å². The number of hydrogen-bond acceptors (Lipinski definition) is 6. The first-order valence-electron chi connectivity index (χ1n) is 7.87. The Labute approximate surface area is 163 Å². The molecular weight excluding hydrogens is 397 g/mol. The number of thioether (sulfide) groups is 2. The van der Waals surface area contributed by atoms with Gasteiger partial charge in [0, 0.05) is 11.4 Å². The first-order chi connectivity index (χ1) is 12.6. The molecule has 5 nitrogen and oxygen atoms in total. The molecule has 3 N–H and O–H groups in total. The van der Waals surface area contributed by atoms with E-state index >= 15 is 0 Å². The van der Waals surface area contributed by atoms with E-state index < -0.39 is 23.2 Å². The maximum atomic E-state index is 13.5. The van der Waals surface area contributed by atoms with E-state index in [1.165, 1.54) is 0 Å². The average molecular weight is 414 g/mol. The fraction of sp³-hybridized carbons (Fsp3) is 0.353. The van der Waals surface area contributed by atoms with Gasteiger partial charge >= 0.3 is 6.18 Å². The Bertz CT molecular complexity index is 840. The van der Waals surface area contributed by atoms with Crippen molar-refractivity contribution >= 4 is 29.4 Å². The maximum Gasteiger partial charge on any atom is 0.418 e. The largest absolute Gasteiger partial charge is 0.418 e. The van der Waals surface area contributed by atoms with Crippen molar-refractivity contribution in [2.45, 2.75) is 37.4 Å². The fourth-order valence-corrected chi connectivity index (χ4v) is 3.90. The maximum absolute atomic E-state index is 13.5. The molecule has 1 heterocycles. The summed E-state index contributed by atoms with van der Waals surface area (Å²) in [6.45, 7) is 5.33. The minimum atomic E-state index is -4.64. The number of amides is 1. The van der Waals surface area contributed by atoms with Gasteiger partial charge in [-0.15, -0.1) is 0 Å². The monoisotopic (exact) mass is 414 g/mol. The summed E-state index contributed by atoms with van der Waals surface area (Å²) in [7, 11) is 0. The molecule has 0 atom stereocenters. The second-order valence-corrected chi connectivity index (χ2v) is 7.72. The van der Waals surface area contributed by atoms with Crippen molar-refractivity contribution in [2.75, 3.05) is 5.75 Å². The van der Waals surface area contributed by atoms with Gasteiger partial charge in [-0.2, -0.15) is 18.4 Å². The predicted molar refractivity (Wildman–Crippen MR) is 99.5 cm³/mol. The lowest BCUT2D eigenvalue weighted by Crippen LogP contribution is -2.23. The van der Waals surface area contributed by atoms with Gasteiger partial charge in [0.25, 0.3) is 0 Å². The van der Waals surface area contributed by atoms with E-state index in [-0.39, 0.29) is 22.8 Å². The number of carbonyl (C=O) groups excluding carboxylic acids is 1. The zero-order valence-electron chi connectivity index (χ0n) is 14.4. The number of nitriles is 1. The molecule has 1 aliphatic rings. The Morgan fingerprint density at radius 3 is 2.78 bits per heavy atom. The number of fused-ring (bicyclic) bond motifs is 1. The molecule has 0 aliphatic heterocycles. The van der Waals surface area contributed by atoms with Crippen LogP contribution >= 0.6 is 23.5 Å². The van der Waals surface area contributed by atoms with Crippen LogP contribution in [0, 0.1) is 11.3 Å². The Morgan fingerprint density at radius 1 is 1.48 bits per heavy atom. The lowest BCUT2D eigenvalue weighted by atomic mass is 10.0. The molecule has 0 aromatic carbocycles. The smallest absolute Gasteiger partial charge is 0.402 e. The van der Waals surface area contributed by atoms with Gasteiger partial charge in [0.1, 0.15) is 11.1 Å². The van der Waals surface area contributed by atoms with Crippen molar-refractivity contribution in [3.8, 4) is 6.07 Å². The molecule has 1 amide bonds. The third-order valence-electron chi connectivity index (χ3n) is 3.59. The van der Waals surface area contributed by atoms with Crippen molar-refractivity contribution in [3.05, 3.63) is 45.1 Å². The molecule has 1 aromatic heterocycles. The van der Waals surface area contributed by atoms with Gasteiger partial charge in [-0.25, -0.2) is 4.98 Å². The molecule has 0 spiro atoms. The first-order valence-corrected chi connectivity index (χ1v) is 9.73. The lowest BCUT2D eigenvalue weighted by Gasteiger charge is -2.16. The second kappa shape index (κ2) is 8.71. The van der Waals surface area contributed by atoms with Crippen LogP contribution in [0.25, 0.3) is 0 Å². The summed E-state index contributed by atoms with van der Waals surface area (Å²) >= 11 is 1.93. The van der Waals surface area contributed by atoms with E-state index in [0.29, 0.717) is 29.3 Å². The topological polar surface area (TPSA) is 91.8 Å². The normalized spacial score (nSPS) is 13.8. The molecule has 10 heteroatoms. The number of pyridine rings is 1. The number of hydrogen-bond donors (Lipinski definition) is 2. The molecule has 0 bridgehead atoms. The lowest BCUT2D eigenvalue weighted by molar-refractivity contribution is -0.138. The molecule has 0 fully saturated rings. The van der Waals surface area contributed by atoms with Gasteiger partial charge in [-0.1, -0.05) is 30.1 Å². The number of allylic oxidation sites excluding steroid dienone is 1. The number of rotatable bonds is 6. The SMILES string of the molecule is C=C(NC(=O)CSc1nc2c(c(C(F)(F)F)c1C#N)CCC2)S/C=C(/C)N. The third kappa shape index (κ3) is 5.43. The van der Waals surface area contributed by atoms with Crippen molar-refractivity contribution in [1.82, 2.24) is 10.3 Å². The summed E-state index contributed by atoms with van der Waals surface area (Å²) in [6.07, 6.45) is -3.39. The van der Waals surface area contributed by atoms with E-state index in [0.717, 1.165) is 23.5 Å². The number of alkyl halides is 3. The molecule has 144 valence electrons. The molecule has 0 saturated carbocycles. The van der Waals surface area contributed by atoms with E-state index in [2.05, 4.69) is 16.9 Å². The number of carbonyl (C=O) groups is 1. The number of nitrogens with one attached hydrogen (secondary N) is 1. The summed E-state index contributed by atoms with van der Waals surface area (Å²) in [4.78, 5) is 16.2. The van der Waals surface area contributed by atoms with E-state index in [1.54, 1.807) is 18.4 Å². The predicted octanol–water partition coefficient (Wildman–Crippen LogP) is 3.69. The van der Waals surface area contributed by atoms with Gasteiger partial charge in [-0.05, 0) is 37.2 Å². The van der Waals surface area contributed by atoms with Gasteiger partial charge in [0.15, 0.2) is 0 Å². The zero-order valence-corrected chi connectivity index (χ0v) is 16.1. The van der Waals surface area contributed by atoms with Gasteiger partial charge in [0.2, 0.25) is 5.91 Å². The van der Waals surface area contributed by atoms with Crippen LogP contribution in [0.5, 0.6) is 0 Å². The molecule has 27 heavy (non-hydrogen) atoms. The van der Waals surface area contributed by atoms with Crippen LogP contribution < -0.4 is 11.1 Å². The van der Waals surface area contributed by atoms with Crippen LogP contribution in [-0.4, -0.2) is 16.6 Å². The zero-order chi connectivity index (χ0) is 20.2. The Morgan fingerprint density at radius 2 is 2.19 bits per heavy atom. The number of halogens is 3. The van der Waals surface area contributed by atoms with E-state index in [9.17, 15) is 23.2 Å². The first kappa shape index (κ1) is 21.2. The fourth-order valence-electron chi connectivity index (χ4n) is 2.60. The van der Waals surface area contributed by atoms with E-state index in [1.807, 2.05) is 0 Å². The number of nitrogens with two attached hydrogens (primary N) is 1. The number of aryl methyl sites for hydroxylation is 1. The highest BCUT2D eigenvalue weighted by Gasteiger charge is 2.40. The van der Waals surface area contributed by atoms with Crippen LogP contribution in [0.1, 0.15) is 35.7 Å². The quantitative estimate of drug-likeness (QED) is 0.690. The van der Waals surface area contributed by atoms with Crippen LogP contribution in [0.4, 0.5) is 13.2 Å². The highest BCUT2D eigenvalue weighted by molar-refractivity contribution is 8.05. The highest BCUT2D eigenvalue weighted by Crippen LogP contribution is 2.41. The summed E-state index contributed by atoms with van der Waals surface area (Å²) in [6, 6.07) is 1.62. The summed E-state index contributed by atoms with van der Waals surface area (Å²) in [5.74, 6) is -0.650. The summed E-state index contributed by atoms with van der Waals surface area (Å²) < 4.78 is 40.5. The molecule has 0 unspecified atom stereocenters. The van der Waals surface area contributed by atoms with Crippen molar-refractivity contribution in [2.24, 2.45) is 5.73 Å². The van der Waals surface area contributed by atoms with Crippen LogP contribution in [0.3, 0.4) is 0 Å². The minimum absolute atomic E-state index is 0.0726. The van der Waals surface area contributed by atoms with Crippen molar-refractivity contribution in [3.63, 3.8) is 0 Å². The highest BCUT2D eigenvalue weighted by atomic mass is 32.2. The standard InChI is InChI=1S/C17H17F3N4OS2/c1-9(22)7-26-10(2)23-14(25)8-27-16-12(6-21)15(17(18,19)20)11-4-3-5-13(11)24-16/h7H,2-5,8,22H2,1H3,(H,23,25)/b9-7-. The third-order valence-corrected chi connectivity index (χ3v) is 5.44. The Balaban J connectivity index is 2.18. The second-order valence-electron chi connectivity index (χ2n) is 5.80. The number of nitrogens with zero attached hydrogens (tertiary/aromatic N) is 2. The molecule has 1 aliphatic carbocycles. The van der Waals surface area contributed by atoms with Crippen molar-refractivity contribution < 1.29 is 18.0 Å². The van der Waals surface area contributed by atoms with Gasteiger partial charge in [-0.3, -0.25) is 4.79 Å². The van der Waals surface area contributed by atoms with Crippen LogP contribution in [0.2, 0.25) is 0 Å². The number of aromatic nitrogens is 1. The molecule has 0 saturated heterocycles. The molecule has 1 aromatic rings. The Kier molecular flexibility index (Phi) is 6.84. The Hall–Kier alpha value is -2.12. The van der Waals surface area contributed by atoms with Crippen LogP contribution in [-0.2, 0) is 23.8 Å². The summed E-state index contributed by atoms with van der Waals surface area (Å²) in [5, 5.41) is 13.7. The van der Waals surface area contributed by atoms with Gasteiger partial charge < -0.3 is 11.1 Å². The van der Waals surface area contributed by atoms with Crippen LogP contribution in [0.15, 0.2) is 27.7 Å². The van der Waals surface area contributed by atoms with E-state index in [4.69, 9.17) is 5.73 Å². The molecular formula is C17H17F3N4OS2. The molecule has 0 radical (unpaired) electrons. The minimum Gasteiger partial charge on any atom is -0.402 e.